The van der Waals surface area contributed by atoms with Crippen molar-refractivity contribution in [3.8, 4) is 11.4 Å². The first kappa shape index (κ1) is 17.7. The number of imidazole rings is 1. The molecule has 0 saturated heterocycles. The van der Waals surface area contributed by atoms with Crippen LogP contribution in [0.25, 0.3) is 22.4 Å². The van der Waals surface area contributed by atoms with Crippen LogP contribution in [0.5, 0.6) is 0 Å². The normalized spacial score (nSPS) is 11.6. The minimum atomic E-state index is -2.69. The van der Waals surface area contributed by atoms with E-state index in [9.17, 15) is 8.78 Å². The Balaban J connectivity index is 1.63. The van der Waals surface area contributed by atoms with Crippen LogP contribution in [0.3, 0.4) is 0 Å². The van der Waals surface area contributed by atoms with Gasteiger partial charge < -0.3 is 5.84 Å². The average molecular weight is 407 g/mol. The van der Waals surface area contributed by atoms with Crippen molar-refractivity contribution in [3.05, 3.63) is 59.4 Å². The summed E-state index contributed by atoms with van der Waals surface area (Å²) in [6.07, 6.45) is 0. The molecule has 0 saturated carbocycles. The minimum Gasteiger partial charge on any atom is -0.335 e. The highest BCUT2D eigenvalue weighted by Gasteiger charge is 2.20. The zero-order valence-corrected chi connectivity index (χ0v) is 15.3. The number of halogens is 3. The molecule has 0 radical (unpaired) electrons. The second kappa shape index (κ2) is 7.16. The Morgan fingerprint density at radius 2 is 1.81 bits per heavy atom. The molecule has 0 aliphatic carbocycles. The number of nitrogens with two attached hydrogens (primary N) is 1. The molecule has 4 aromatic rings. The number of rotatable bonds is 5. The van der Waals surface area contributed by atoms with E-state index in [1.54, 1.807) is 42.5 Å². The first-order chi connectivity index (χ1) is 13.1. The van der Waals surface area contributed by atoms with Gasteiger partial charge in [-0.25, -0.2) is 9.66 Å². The van der Waals surface area contributed by atoms with Crippen molar-refractivity contribution in [2.24, 2.45) is 0 Å². The third kappa shape index (κ3) is 3.24. The number of para-hydroxylation sites is 2. The molecule has 138 valence electrons. The predicted octanol–water partition coefficient (Wildman–Crippen LogP) is 4.35. The smallest absolute Gasteiger partial charge is 0.320 e. The highest BCUT2D eigenvalue weighted by atomic mass is 35.5. The summed E-state index contributed by atoms with van der Waals surface area (Å²) in [5.74, 6) is 6.87. The van der Waals surface area contributed by atoms with E-state index in [-0.39, 0.29) is 11.6 Å². The Labute approximate surface area is 161 Å². The molecule has 4 rings (SSSR count). The quantitative estimate of drug-likeness (QED) is 0.394. The van der Waals surface area contributed by atoms with Crippen LogP contribution < -0.4 is 5.84 Å². The van der Waals surface area contributed by atoms with Crippen LogP contribution >= 0.6 is 23.4 Å². The molecule has 0 atom stereocenters. The van der Waals surface area contributed by atoms with Crippen LogP contribution in [0.15, 0.2) is 53.7 Å². The Morgan fingerprint density at radius 3 is 2.59 bits per heavy atom. The number of benzene rings is 2. The zero-order chi connectivity index (χ0) is 19.0. The van der Waals surface area contributed by atoms with Crippen LogP contribution in [0, 0.1) is 0 Å². The molecule has 0 bridgehead atoms. The third-order valence-electron chi connectivity index (χ3n) is 3.97. The summed E-state index contributed by atoms with van der Waals surface area (Å²) >= 11 is 7.35. The lowest BCUT2D eigenvalue weighted by Gasteiger charge is -2.08. The van der Waals surface area contributed by atoms with E-state index in [4.69, 9.17) is 17.4 Å². The van der Waals surface area contributed by atoms with Crippen molar-refractivity contribution >= 4 is 34.4 Å². The van der Waals surface area contributed by atoms with Gasteiger partial charge in [0.15, 0.2) is 5.82 Å². The van der Waals surface area contributed by atoms with Gasteiger partial charge in [-0.2, -0.15) is 8.78 Å². The molecule has 0 fully saturated rings. The second-order valence-electron chi connectivity index (χ2n) is 5.61. The van der Waals surface area contributed by atoms with Crippen LogP contribution in [0.4, 0.5) is 8.78 Å². The molecule has 0 unspecified atom stereocenters. The van der Waals surface area contributed by atoms with Crippen molar-refractivity contribution in [2.45, 2.75) is 17.5 Å². The molecule has 0 aliphatic heterocycles. The van der Waals surface area contributed by atoms with Gasteiger partial charge in [0.25, 0.3) is 0 Å². The second-order valence-corrected chi connectivity index (χ2v) is 6.96. The molecule has 6 nitrogen and oxygen atoms in total. The van der Waals surface area contributed by atoms with Crippen LogP contribution in [-0.4, -0.2) is 24.4 Å². The lowest BCUT2D eigenvalue weighted by molar-refractivity contribution is 0.0722. The van der Waals surface area contributed by atoms with Crippen molar-refractivity contribution < 1.29 is 8.78 Å². The van der Waals surface area contributed by atoms with Crippen molar-refractivity contribution in [2.75, 3.05) is 5.84 Å². The van der Waals surface area contributed by atoms with Gasteiger partial charge in [0.05, 0.1) is 21.8 Å². The summed E-state index contributed by atoms with van der Waals surface area (Å²) in [7, 11) is 0. The molecule has 2 N–H and O–H groups in total. The lowest BCUT2D eigenvalue weighted by Crippen LogP contribution is -2.12. The van der Waals surface area contributed by atoms with E-state index in [0.717, 1.165) is 4.57 Å². The van der Waals surface area contributed by atoms with Crippen molar-refractivity contribution in [1.29, 1.82) is 0 Å². The van der Waals surface area contributed by atoms with Gasteiger partial charge in [-0.3, -0.25) is 4.57 Å². The summed E-state index contributed by atoms with van der Waals surface area (Å²) < 4.78 is 29.2. The first-order valence-corrected chi connectivity index (χ1v) is 9.25. The van der Waals surface area contributed by atoms with E-state index in [2.05, 4.69) is 15.2 Å². The van der Waals surface area contributed by atoms with E-state index < -0.39 is 6.55 Å². The molecule has 0 spiro atoms. The number of fused-ring (bicyclic) bond motifs is 1. The van der Waals surface area contributed by atoms with Gasteiger partial charge in [-0.15, -0.1) is 10.2 Å². The van der Waals surface area contributed by atoms with Crippen LogP contribution in [-0.2, 0) is 5.75 Å². The minimum absolute atomic E-state index is 0.164. The van der Waals surface area contributed by atoms with Gasteiger partial charge in [0.1, 0.15) is 5.82 Å². The fraction of sp³-hybridized carbons (Fsp3) is 0.118. The summed E-state index contributed by atoms with van der Waals surface area (Å²) in [5.41, 5.74) is 1.54. The SMILES string of the molecule is Nn1c(SCc2nc3ccccc3n2C(F)F)nnc1-c1ccccc1Cl. The fourth-order valence-electron chi connectivity index (χ4n) is 2.74. The molecular weight excluding hydrogens is 394 g/mol. The Bertz CT molecular complexity index is 1110. The third-order valence-corrected chi connectivity index (χ3v) is 5.24. The van der Waals surface area contributed by atoms with Gasteiger partial charge in [0.2, 0.25) is 5.16 Å². The van der Waals surface area contributed by atoms with E-state index in [1.165, 1.54) is 16.4 Å². The lowest BCUT2D eigenvalue weighted by atomic mass is 10.2. The molecule has 2 aromatic carbocycles. The van der Waals surface area contributed by atoms with E-state index in [0.29, 0.717) is 32.6 Å². The van der Waals surface area contributed by atoms with Gasteiger partial charge >= 0.3 is 6.55 Å². The number of nitrogens with zero attached hydrogens (tertiary/aromatic N) is 5. The topological polar surface area (TPSA) is 74.6 Å². The standard InChI is InChI=1S/C17H13ClF2N6S/c18-11-6-2-1-5-10(11)15-23-24-17(26(15)21)27-9-14-22-12-7-3-4-8-13(12)25(14)16(19)20/h1-8,16H,9,21H2. The number of thioether (sulfide) groups is 1. The van der Waals surface area contributed by atoms with Gasteiger partial charge in [-0.1, -0.05) is 47.6 Å². The van der Waals surface area contributed by atoms with Crippen molar-refractivity contribution in [1.82, 2.24) is 24.4 Å². The zero-order valence-electron chi connectivity index (χ0n) is 13.8. The van der Waals surface area contributed by atoms with E-state index in [1.807, 2.05) is 6.07 Å². The summed E-state index contributed by atoms with van der Waals surface area (Å²) in [4.78, 5) is 4.30. The molecule has 27 heavy (non-hydrogen) atoms. The summed E-state index contributed by atoms with van der Waals surface area (Å²) in [5, 5.41) is 8.98. The number of aromatic nitrogens is 5. The molecule has 0 amide bonds. The maximum Gasteiger partial charge on any atom is 0.320 e. The Morgan fingerprint density at radius 1 is 1.07 bits per heavy atom. The van der Waals surface area contributed by atoms with Crippen LogP contribution in [0.1, 0.15) is 12.4 Å². The highest BCUT2D eigenvalue weighted by Crippen LogP contribution is 2.30. The maximum absolute atomic E-state index is 13.5. The predicted molar refractivity (Wildman–Crippen MR) is 101 cm³/mol. The van der Waals surface area contributed by atoms with Gasteiger partial charge in [0, 0.05) is 5.56 Å². The van der Waals surface area contributed by atoms with Crippen molar-refractivity contribution in [3.63, 3.8) is 0 Å². The van der Waals surface area contributed by atoms with E-state index >= 15 is 0 Å². The number of alkyl halides is 2. The number of nitrogen functional groups attached to an aromatic ring is 1. The monoisotopic (exact) mass is 406 g/mol. The number of hydrogen-bond donors (Lipinski definition) is 1. The maximum atomic E-state index is 13.5. The summed E-state index contributed by atoms with van der Waals surface area (Å²) in [6.45, 7) is -2.69. The Kier molecular flexibility index (Phi) is 4.71. The first-order valence-electron chi connectivity index (χ1n) is 7.88. The van der Waals surface area contributed by atoms with Gasteiger partial charge in [-0.05, 0) is 24.3 Å². The summed E-state index contributed by atoms with van der Waals surface area (Å²) in [6, 6.07) is 13.9. The molecule has 0 aliphatic rings. The average Bonchev–Trinajstić information content (AvgIpc) is 3.20. The Hall–Kier alpha value is -2.65. The number of hydrogen-bond acceptors (Lipinski definition) is 5. The molecule has 2 aromatic heterocycles. The highest BCUT2D eigenvalue weighted by molar-refractivity contribution is 7.98. The van der Waals surface area contributed by atoms with Crippen LogP contribution in [0.2, 0.25) is 5.02 Å². The largest absolute Gasteiger partial charge is 0.335 e. The fourth-order valence-corrected chi connectivity index (χ4v) is 3.75. The molecule has 2 heterocycles. The molecule has 10 heteroatoms. The molecular formula is C17H13ClF2N6S.